The first kappa shape index (κ1) is 58.1. The zero-order chi connectivity index (χ0) is 42.8. The number of aliphatic hydroxyl groups excluding tert-OH is 2. The van der Waals surface area contributed by atoms with E-state index in [9.17, 15) is 15.0 Å². The van der Waals surface area contributed by atoms with E-state index in [-0.39, 0.29) is 12.5 Å². The molecule has 4 heteroatoms. The number of carbonyl (C=O) groups is 1. The van der Waals surface area contributed by atoms with Gasteiger partial charge in [0.25, 0.3) is 0 Å². The van der Waals surface area contributed by atoms with E-state index in [0.717, 1.165) is 25.7 Å². The fourth-order valence-corrected chi connectivity index (χ4v) is 8.83. The van der Waals surface area contributed by atoms with Crippen LogP contribution in [0.1, 0.15) is 316 Å². The smallest absolute Gasteiger partial charge is 0.220 e. The first-order valence-corrected chi connectivity index (χ1v) is 27.4. The molecule has 2 atom stereocenters. The third-order valence-electron chi connectivity index (χ3n) is 13.0. The lowest BCUT2D eigenvalue weighted by molar-refractivity contribution is -0.123. The van der Waals surface area contributed by atoms with Gasteiger partial charge in [-0.3, -0.25) is 4.79 Å². The Balaban J connectivity index is 3.42. The van der Waals surface area contributed by atoms with Crippen molar-refractivity contribution in [3.05, 3.63) is 12.2 Å². The number of allylic oxidation sites excluding steroid dienone is 1. The molecule has 0 fully saturated rings. The van der Waals surface area contributed by atoms with E-state index in [1.807, 2.05) is 6.08 Å². The Bertz CT molecular complexity index is 814. The first-order chi connectivity index (χ1) is 29.2. The zero-order valence-electron chi connectivity index (χ0n) is 40.6. The van der Waals surface area contributed by atoms with E-state index in [0.29, 0.717) is 6.42 Å². The summed E-state index contributed by atoms with van der Waals surface area (Å²) in [5.41, 5.74) is 0. The van der Waals surface area contributed by atoms with Crippen molar-refractivity contribution in [1.82, 2.24) is 5.32 Å². The third-order valence-corrected chi connectivity index (χ3v) is 13.0. The van der Waals surface area contributed by atoms with E-state index in [1.165, 1.54) is 270 Å². The molecule has 0 saturated heterocycles. The molecule has 0 aliphatic rings. The van der Waals surface area contributed by atoms with Crippen LogP contribution in [0, 0.1) is 0 Å². The van der Waals surface area contributed by atoms with E-state index >= 15 is 0 Å². The number of hydrogen-bond acceptors (Lipinski definition) is 3. The van der Waals surface area contributed by atoms with Crippen molar-refractivity contribution < 1.29 is 15.0 Å². The summed E-state index contributed by atoms with van der Waals surface area (Å²) in [6.45, 7) is 4.34. The predicted molar refractivity (Wildman–Crippen MR) is 263 cm³/mol. The van der Waals surface area contributed by atoms with Crippen molar-refractivity contribution in [3.8, 4) is 0 Å². The average molecular weight is 832 g/mol. The van der Waals surface area contributed by atoms with Gasteiger partial charge in [-0.1, -0.05) is 302 Å². The van der Waals surface area contributed by atoms with Crippen molar-refractivity contribution in [2.45, 2.75) is 328 Å². The molecule has 2 unspecified atom stereocenters. The van der Waals surface area contributed by atoms with Crippen LogP contribution in [-0.2, 0) is 4.79 Å². The molecule has 0 aromatic rings. The van der Waals surface area contributed by atoms with Gasteiger partial charge < -0.3 is 15.5 Å². The summed E-state index contributed by atoms with van der Waals surface area (Å²) < 4.78 is 0. The fraction of sp³-hybridized carbons (Fsp3) is 0.945. The van der Waals surface area contributed by atoms with Crippen LogP contribution in [-0.4, -0.2) is 34.9 Å². The molecule has 4 nitrogen and oxygen atoms in total. The first-order valence-electron chi connectivity index (χ1n) is 27.4. The van der Waals surface area contributed by atoms with Gasteiger partial charge in [-0.25, -0.2) is 0 Å². The van der Waals surface area contributed by atoms with Crippen LogP contribution in [0.3, 0.4) is 0 Å². The minimum absolute atomic E-state index is 0.0576. The normalized spacial score (nSPS) is 12.8. The van der Waals surface area contributed by atoms with Crippen LogP contribution in [0.4, 0.5) is 0 Å². The number of carbonyl (C=O) groups excluding carboxylic acids is 1. The van der Waals surface area contributed by atoms with Gasteiger partial charge in [0, 0.05) is 6.42 Å². The quantitative estimate of drug-likeness (QED) is 0.0422. The Kier molecular flexibility index (Phi) is 50.7. The van der Waals surface area contributed by atoms with Gasteiger partial charge in [-0.2, -0.15) is 0 Å². The maximum atomic E-state index is 12.4. The van der Waals surface area contributed by atoms with E-state index in [4.69, 9.17) is 0 Å². The molecule has 0 spiro atoms. The predicted octanol–water partition coefficient (Wildman–Crippen LogP) is 17.8. The molecular weight excluding hydrogens is 723 g/mol. The molecule has 0 aliphatic heterocycles. The SMILES string of the molecule is CCCCCCCCCCCCCCCCCCCCCCCCCCCCCCC/C=C/C(O)C(CO)NC(=O)CCCCCCCCCCCCCCCCCC. The Labute approximate surface area is 371 Å². The summed E-state index contributed by atoms with van der Waals surface area (Å²) in [6, 6.07) is -0.617. The van der Waals surface area contributed by atoms with Crippen molar-refractivity contribution >= 4 is 5.91 Å². The van der Waals surface area contributed by atoms with Gasteiger partial charge in [0.05, 0.1) is 18.8 Å². The van der Waals surface area contributed by atoms with Crippen molar-refractivity contribution in [2.75, 3.05) is 6.61 Å². The molecule has 59 heavy (non-hydrogen) atoms. The topological polar surface area (TPSA) is 69.6 Å². The Hall–Kier alpha value is -0.870. The van der Waals surface area contributed by atoms with Crippen molar-refractivity contribution in [1.29, 1.82) is 0 Å². The highest BCUT2D eigenvalue weighted by molar-refractivity contribution is 5.76. The second-order valence-electron chi connectivity index (χ2n) is 19.0. The lowest BCUT2D eigenvalue weighted by Crippen LogP contribution is -2.45. The molecule has 352 valence electrons. The lowest BCUT2D eigenvalue weighted by Gasteiger charge is -2.20. The van der Waals surface area contributed by atoms with Gasteiger partial charge in [-0.05, 0) is 19.3 Å². The van der Waals surface area contributed by atoms with Gasteiger partial charge in [0.2, 0.25) is 5.91 Å². The molecule has 0 radical (unpaired) electrons. The van der Waals surface area contributed by atoms with Crippen LogP contribution in [0.25, 0.3) is 0 Å². The van der Waals surface area contributed by atoms with Crippen LogP contribution in [0.5, 0.6) is 0 Å². The summed E-state index contributed by atoms with van der Waals surface area (Å²) in [4.78, 5) is 12.4. The Morgan fingerprint density at radius 3 is 0.881 bits per heavy atom. The van der Waals surface area contributed by atoms with Gasteiger partial charge in [0.1, 0.15) is 0 Å². The third kappa shape index (κ3) is 48.0. The Morgan fingerprint density at radius 2 is 0.627 bits per heavy atom. The molecule has 0 aromatic heterocycles. The number of rotatable bonds is 51. The zero-order valence-corrected chi connectivity index (χ0v) is 40.6. The maximum Gasteiger partial charge on any atom is 0.220 e. The summed E-state index contributed by atoms with van der Waals surface area (Å²) in [7, 11) is 0. The lowest BCUT2D eigenvalue weighted by atomic mass is 10.0. The molecule has 0 rings (SSSR count). The fourth-order valence-electron chi connectivity index (χ4n) is 8.83. The number of aliphatic hydroxyl groups is 2. The highest BCUT2D eigenvalue weighted by Gasteiger charge is 2.18. The van der Waals surface area contributed by atoms with Gasteiger partial charge >= 0.3 is 0 Å². The second-order valence-corrected chi connectivity index (χ2v) is 19.0. The van der Waals surface area contributed by atoms with Crippen molar-refractivity contribution in [3.63, 3.8) is 0 Å². The molecule has 0 bridgehead atoms. The number of amides is 1. The minimum atomic E-state index is -0.835. The number of unbranched alkanes of at least 4 members (excludes halogenated alkanes) is 44. The summed E-state index contributed by atoms with van der Waals surface area (Å²) in [5.74, 6) is -0.0576. The molecule has 0 aliphatic carbocycles. The highest BCUT2D eigenvalue weighted by atomic mass is 16.3. The van der Waals surface area contributed by atoms with E-state index < -0.39 is 12.1 Å². The molecule has 0 aromatic carbocycles. The van der Waals surface area contributed by atoms with Crippen LogP contribution >= 0.6 is 0 Å². The van der Waals surface area contributed by atoms with Crippen LogP contribution in [0.15, 0.2) is 12.2 Å². The number of nitrogens with one attached hydrogen (secondary N) is 1. The Morgan fingerprint density at radius 1 is 0.390 bits per heavy atom. The number of hydrogen-bond donors (Lipinski definition) is 3. The standard InChI is InChI=1S/C55H109NO3/c1-3-5-7-9-11-13-15-17-19-21-22-23-24-25-26-27-28-29-30-31-32-33-34-35-36-38-40-42-44-46-48-50-54(58)53(52-57)56-55(59)51-49-47-45-43-41-39-37-20-18-16-14-12-10-8-6-4-2/h48,50,53-54,57-58H,3-47,49,51-52H2,1-2H3,(H,56,59)/b50-48+. The molecular formula is C55H109NO3. The van der Waals surface area contributed by atoms with Gasteiger partial charge in [0.15, 0.2) is 0 Å². The largest absolute Gasteiger partial charge is 0.394 e. The summed E-state index contributed by atoms with van der Waals surface area (Å²) in [6.07, 6.45) is 66.6. The van der Waals surface area contributed by atoms with Gasteiger partial charge in [-0.15, -0.1) is 0 Å². The minimum Gasteiger partial charge on any atom is -0.394 e. The van der Waals surface area contributed by atoms with E-state index in [2.05, 4.69) is 19.2 Å². The van der Waals surface area contributed by atoms with Crippen LogP contribution < -0.4 is 5.32 Å². The monoisotopic (exact) mass is 832 g/mol. The van der Waals surface area contributed by atoms with E-state index in [1.54, 1.807) is 6.08 Å². The highest BCUT2D eigenvalue weighted by Crippen LogP contribution is 2.18. The molecule has 0 saturated carbocycles. The summed E-state index contributed by atoms with van der Waals surface area (Å²) in [5, 5.41) is 23.1. The van der Waals surface area contributed by atoms with Crippen molar-refractivity contribution in [2.24, 2.45) is 0 Å². The molecule has 0 heterocycles. The summed E-state index contributed by atoms with van der Waals surface area (Å²) >= 11 is 0. The molecule has 1 amide bonds. The average Bonchev–Trinajstić information content (AvgIpc) is 3.24. The maximum absolute atomic E-state index is 12.4. The second kappa shape index (κ2) is 51.5. The van der Waals surface area contributed by atoms with Crippen LogP contribution in [0.2, 0.25) is 0 Å². The molecule has 3 N–H and O–H groups in total.